The SMILES string of the molecule is COC(=O)[C@H]1CCC[C@H](Oc2ccc(-c3nnn(C)c3CN=[N+]=[N-])nc2C)C1. The molecular formula is C18H23N7O3. The Kier molecular flexibility index (Phi) is 6.10. The van der Waals surface area contributed by atoms with Crippen LogP contribution in [0.15, 0.2) is 17.2 Å². The Morgan fingerprint density at radius 2 is 2.25 bits per heavy atom. The van der Waals surface area contributed by atoms with Gasteiger partial charge in [0.25, 0.3) is 0 Å². The van der Waals surface area contributed by atoms with Crippen molar-refractivity contribution in [3.05, 3.63) is 34.0 Å². The van der Waals surface area contributed by atoms with E-state index in [0.717, 1.165) is 25.0 Å². The maximum Gasteiger partial charge on any atom is 0.308 e. The number of esters is 1. The smallest absolute Gasteiger partial charge is 0.308 e. The number of rotatable bonds is 6. The van der Waals surface area contributed by atoms with Gasteiger partial charge in [0.15, 0.2) is 0 Å². The lowest BCUT2D eigenvalue weighted by molar-refractivity contribution is -0.147. The standard InChI is InChI=1S/C18H23N7O3/c1-11-16(28-13-6-4-5-12(9-13)18(26)27-3)8-7-14(21-11)17-15(10-20-23-19)25(2)24-22-17/h7-8,12-13H,4-6,9-10H2,1-3H3/t12-,13-/m0/s1. The van der Waals surface area contributed by atoms with Gasteiger partial charge in [-0.1, -0.05) is 10.3 Å². The minimum Gasteiger partial charge on any atom is -0.489 e. The zero-order valence-corrected chi connectivity index (χ0v) is 16.2. The molecule has 1 aliphatic rings. The van der Waals surface area contributed by atoms with Gasteiger partial charge in [0.1, 0.15) is 11.4 Å². The molecule has 0 aliphatic heterocycles. The van der Waals surface area contributed by atoms with Crippen molar-refractivity contribution in [2.45, 2.75) is 45.3 Å². The van der Waals surface area contributed by atoms with Crippen LogP contribution in [0.25, 0.3) is 21.8 Å². The van der Waals surface area contributed by atoms with Gasteiger partial charge in [-0.25, -0.2) is 4.98 Å². The van der Waals surface area contributed by atoms with Crippen LogP contribution in [-0.2, 0) is 23.1 Å². The van der Waals surface area contributed by atoms with Crippen LogP contribution in [0.5, 0.6) is 5.75 Å². The van der Waals surface area contributed by atoms with E-state index in [2.05, 4.69) is 25.3 Å². The molecule has 2 heterocycles. The molecule has 1 saturated carbocycles. The van der Waals surface area contributed by atoms with Crippen LogP contribution in [0.4, 0.5) is 0 Å². The Balaban J connectivity index is 1.76. The average Bonchev–Trinajstić information content (AvgIpc) is 3.08. The lowest BCUT2D eigenvalue weighted by Gasteiger charge is -2.28. The molecular weight excluding hydrogens is 362 g/mol. The summed E-state index contributed by atoms with van der Waals surface area (Å²) in [5.74, 6) is 0.396. The average molecular weight is 385 g/mol. The molecule has 0 unspecified atom stereocenters. The van der Waals surface area contributed by atoms with Gasteiger partial charge < -0.3 is 9.47 Å². The van der Waals surface area contributed by atoms with E-state index in [1.54, 1.807) is 11.7 Å². The zero-order valence-electron chi connectivity index (χ0n) is 16.2. The number of pyridine rings is 1. The van der Waals surface area contributed by atoms with Gasteiger partial charge in [0, 0.05) is 12.0 Å². The number of aromatic nitrogens is 4. The predicted molar refractivity (Wildman–Crippen MR) is 100 cm³/mol. The quantitative estimate of drug-likeness (QED) is 0.325. The first-order chi connectivity index (χ1) is 13.5. The molecule has 148 valence electrons. The van der Waals surface area contributed by atoms with Crippen molar-refractivity contribution in [1.82, 2.24) is 20.0 Å². The van der Waals surface area contributed by atoms with Crippen molar-refractivity contribution in [3.8, 4) is 17.1 Å². The fourth-order valence-electron chi connectivity index (χ4n) is 3.47. The fourth-order valence-corrected chi connectivity index (χ4v) is 3.47. The lowest BCUT2D eigenvalue weighted by Crippen LogP contribution is -2.30. The Labute approximate surface area is 162 Å². The van der Waals surface area contributed by atoms with E-state index in [1.807, 2.05) is 19.1 Å². The second kappa shape index (κ2) is 8.71. The number of hydrogen-bond acceptors (Lipinski definition) is 7. The number of methoxy groups -OCH3 is 1. The summed E-state index contributed by atoms with van der Waals surface area (Å²) in [6.07, 6.45) is 3.27. The van der Waals surface area contributed by atoms with Gasteiger partial charge in [-0.3, -0.25) is 9.48 Å². The Morgan fingerprint density at radius 1 is 1.43 bits per heavy atom. The number of hydrogen-bond donors (Lipinski definition) is 0. The highest BCUT2D eigenvalue weighted by Gasteiger charge is 2.29. The fraction of sp³-hybridized carbons (Fsp3) is 0.556. The molecule has 10 heteroatoms. The van der Waals surface area contributed by atoms with Crippen LogP contribution in [0.3, 0.4) is 0 Å². The first-order valence-corrected chi connectivity index (χ1v) is 9.15. The molecule has 2 aromatic heterocycles. The van der Waals surface area contributed by atoms with Crippen molar-refractivity contribution in [1.29, 1.82) is 0 Å². The molecule has 3 rings (SSSR count). The Hall–Kier alpha value is -3.13. The van der Waals surface area contributed by atoms with Crippen molar-refractivity contribution in [3.63, 3.8) is 0 Å². The molecule has 0 N–H and O–H groups in total. The van der Waals surface area contributed by atoms with Crippen LogP contribution in [-0.4, -0.2) is 39.2 Å². The topological polar surface area (TPSA) is 128 Å². The van der Waals surface area contributed by atoms with Crippen molar-refractivity contribution >= 4 is 5.97 Å². The third kappa shape index (κ3) is 4.23. The monoisotopic (exact) mass is 385 g/mol. The van der Waals surface area contributed by atoms with E-state index >= 15 is 0 Å². The van der Waals surface area contributed by atoms with E-state index in [-0.39, 0.29) is 24.5 Å². The number of ether oxygens (including phenoxy) is 2. The summed E-state index contributed by atoms with van der Waals surface area (Å²) in [5, 5.41) is 11.7. The van der Waals surface area contributed by atoms with Crippen LogP contribution in [0, 0.1) is 12.8 Å². The molecule has 0 saturated heterocycles. The minimum absolute atomic E-state index is 0.0405. The lowest BCUT2D eigenvalue weighted by atomic mass is 9.87. The highest BCUT2D eigenvalue weighted by molar-refractivity contribution is 5.72. The predicted octanol–water partition coefficient (Wildman–Crippen LogP) is 3.11. The summed E-state index contributed by atoms with van der Waals surface area (Å²) in [6, 6.07) is 3.66. The number of carbonyl (C=O) groups excluding carboxylic acids is 1. The summed E-state index contributed by atoms with van der Waals surface area (Å²) in [4.78, 5) is 19.2. The molecule has 0 radical (unpaired) electrons. The van der Waals surface area contributed by atoms with Crippen LogP contribution < -0.4 is 4.74 Å². The van der Waals surface area contributed by atoms with E-state index < -0.39 is 0 Å². The molecule has 10 nitrogen and oxygen atoms in total. The number of nitrogens with zero attached hydrogens (tertiary/aromatic N) is 7. The van der Waals surface area contributed by atoms with Crippen LogP contribution >= 0.6 is 0 Å². The second-order valence-electron chi connectivity index (χ2n) is 6.80. The molecule has 0 bridgehead atoms. The summed E-state index contributed by atoms with van der Waals surface area (Å²) in [5.41, 5.74) is 11.2. The van der Waals surface area contributed by atoms with Gasteiger partial charge >= 0.3 is 5.97 Å². The Bertz CT molecular complexity index is 905. The summed E-state index contributed by atoms with van der Waals surface area (Å²) >= 11 is 0. The summed E-state index contributed by atoms with van der Waals surface area (Å²) in [6.45, 7) is 2.01. The minimum atomic E-state index is -0.172. The maximum atomic E-state index is 11.8. The first-order valence-electron chi connectivity index (χ1n) is 9.15. The van der Waals surface area contributed by atoms with E-state index in [0.29, 0.717) is 29.3 Å². The van der Waals surface area contributed by atoms with Gasteiger partial charge in [-0.2, -0.15) is 0 Å². The van der Waals surface area contributed by atoms with Crippen LogP contribution in [0.2, 0.25) is 0 Å². The molecule has 0 aromatic carbocycles. The third-order valence-corrected chi connectivity index (χ3v) is 4.96. The van der Waals surface area contributed by atoms with E-state index in [1.165, 1.54) is 7.11 Å². The van der Waals surface area contributed by atoms with Crippen molar-refractivity contribution in [2.24, 2.45) is 18.1 Å². The zero-order chi connectivity index (χ0) is 20.1. The number of carbonyl (C=O) groups is 1. The maximum absolute atomic E-state index is 11.8. The molecule has 0 amide bonds. The molecule has 0 spiro atoms. The highest BCUT2D eigenvalue weighted by Crippen LogP contribution is 2.31. The van der Waals surface area contributed by atoms with Crippen molar-refractivity contribution < 1.29 is 14.3 Å². The number of azide groups is 1. The molecule has 1 aliphatic carbocycles. The summed E-state index contributed by atoms with van der Waals surface area (Å²) in [7, 11) is 3.16. The van der Waals surface area contributed by atoms with Gasteiger partial charge in [-0.05, 0) is 50.3 Å². The molecule has 2 aromatic rings. The van der Waals surface area contributed by atoms with Gasteiger partial charge in [0.2, 0.25) is 0 Å². The van der Waals surface area contributed by atoms with E-state index in [9.17, 15) is 4.79 Å². The molecule has 28 heavy (non-hydrogen) atoms. The number of aryl methyl sites for hydroxylation is 2. The van der Waals surface area contributed by atoms with Crippen molar-refractivity contribution in [2.75, 3.05) is 7.11 Å². The Morgan fingerprint density at radius 3 is 2.96 bits per heavy atom. The normalized spacial score (nSPS) is 19.0. The molecule has 1 fully saturated rings. The second-order valence-corrected chi connectivity index (χ2v) is 6.80. The van der Waals surface area contributed by atoms with E-state index in [4.69, 9.17) is 15.0 Å². The third-order valence-electron chi connectivity index (χ3n) is 4.96. The summed E-state index contributed by atoms with van der Waals surface area (Å²) < 4.78 is 12.6. The largest absolute Gasteiger partial charge is 0.489 e. The molecule has 2 atom stereocenters. The van der Waals surface area contributed by atoms with Gasteiger partial charge in [0.05, 0.1) is 42.8 Å². The van der Waals surface area contributed by atoms with Gasteiger partial charge in [-0.15, -0.1) is 5.10 Å². The first kappa shape index (κ1) is 19.6. The van der Waals surface area contributed by atoms with Crippen LogP contribution in [0.1, 0.15) is 37.1 Å². The highest BCUT2D eigenvalue weighted by atomic mass is 16.5.